The number of rotatable bonds is 17. The number of aromatic nitrogens is 7. The van der Waals surface area contributed by atoms with Crippen molar-refractivity contribution in [2.24, 2.45) is 0 Å². The van der Waals surface area contributed by atoms with E-state index in [0.29, 0.717) is 29.1 Å². The minimum Gasteiger partial charge on any atom is -0.496 e. The van der Waals surface area contributed by atoms with Crippen LogP contribution in [0.1, 0.15) is 82.1 Å². The lowest BCUT2D eigenvalue weighted by Gasteiger charge is -2.10. The SMILES string of the molecule is COc1ccccc1CNC(=O)c1cccc(CSc2cnccn2)c1.Cc1cc(C)nc(NC(=O)c2cccc(CSc3cnccn3)c2)c1.O=C(Nc1ccc2c(c1)CCC2)c1cccc(CSc2cnccn2)c1. The minimum atomic E-state index is -0.163. The molecule has 0 unspecified atom stereocenters. The van der Waals surface area contributed by atoms with E-state index in [1.54, 1.807) is 104 Å². The zero-order chi connectivity index (χ0) is 53.6. The van der Waals surface area contributed by atoms with E-state index in [4.69, 9.17) is 4.74 Å². The van der Waals surface area contributed by atoms with E-state index in [1.165, 1.54) is 17.5 Å². The van der Waals surface area contributed by atoms with E-state index >= 15 is 0 Å². The molecule has 77 heavy (non-hydrogen) atoms. The molecule has 10 rings (SSSR count). The molecular weight excluding hydrogens is 1020 g/mol. The fraction of sp³-hybridized carbons (Fsp3) is 0.167. The second-order valence-corrected chi connectivity index (χ2v) is 20.5. The molecule has 0 radical (unpaired) electrons. The molecule has 3 N–H and O–H groups in total. The first-order valence-corrected chi connectivity index (χ1v) is 27.6. The molecule has 3 amide bonds. The first kappa shape index (κ1) is 55.0. The van der Waals surface area contributed by atoms with E-state index in [0.717, 1.165) is 90.1 Å². The Kier molecular flexibility index (Phi) is 20.4. The summed E-state index contributed by atoms with van der Waals surface area (Å²) in [4.78, 5) is 66.8. The predicted molar refractivity (Wildman–Crippen MR) is 306 cm³/mol. The number of hydrogen-bond acceptors (Lipinski definition) is 14. The Hall–Kier alpha value is -8.25. The first-order valence-electron chi connectivity index (χ1n) is 24.7. The number of amides is 3. The second-order valence-electron chi connectivity index (χ2n) is 17.5. The van der Waals surface area contributed by atoms with Crippen LogP contribution in [-0.4, -0.2) is 59.7 Å². The van der Waals surface area contributed by atoms with Crippen molar-refractivity contribution >= 4 is 64.5 Å². The van der Waals surface area contributed by atoms with Crippen LogP contribution in [0.4, 0.5) is 11.5 Å². The summed E-state index contributed by atoms with van der Waals surface area (Å²) in [6.07, 6.45) is 18.6. The highest BCUT2D eigenvalue weighted by atomic mass is 32.2. The first-order chi connectivity index (χ1) is 37.6. The molecule has 4 heterocycles. The van der Waals surface area contributed by atoms with Gasteiger partial charge in [0.15, 0.2) is 0 Å². The maximum atomic E-state index is 12.6. The average Bonchev–Trinajstić information content (AvgIpc) is 3.94. The summed E-state index contributed by atoms with van der Waals surface area (Å²) in [5, 5.41) is 11.4. The quantitative estimate of drug-likeness (QED) is 0.0731. The van der Waals surface area contributed by atoms with Gasteiger partial charge in [-0.2, -0.15) is 0 Å². The minimum absolute atomic E-state index is 0.0747. The number of thioether (sulfide) groups is 3. The van der Waals surface area contributed by atoms with Gasteiger partial charge in [-0.1, -0.05) is 60.7 Å². The summed E-state index contributed by atoms with van der Waals surface area (Å²) in [5.74, 6) is 3.19. The largest absolute Gasteiger partial charge is 0.496 e. The number of carbonyl (C=O) groups is 3. The fourth-order valence-electron chi connectivity index (χ4n) is 8.03. The van der Waals surface area contributed by atoms with Gasteiger partial charge >= 0.3 is 0 Å². The number of pyridine rings is 1. The summed E-state index contributed by atoms with van der Waals surface area (Å²) in [5.41, 5.74) is 11.6. The van der Waals surface area contributed by atoms with Crippen LogP contribution in [0, 0.1) is 13.8 Å². The lowest BCUT2D eigenvalue weighted by Crippen LogP contribution is -2.23. The van der Waals surface area contributed by atoms with Gasteiger partial charge in [-0.05, 0) is 133 Å². The van der Waals surface area contributed by atoms with Gasteiger partial charge in [0.05, 0.1) is 25.7 Å². The molecule has 4 aromatic heterocycles. The third-order valence-electron chi connectivity index (χ3n) is 11.7. The van der Waals surface area contributed by atoms with Crippen molar-refractivity contribution in [2.45, 2.75) is 72.0 Å². The molecule has 388 valence electrons. The van der Waals surface area contributed by atoms with Crippen LogP contribution in [-0.2, 0) is 36.6 Å². The van der Waals surface area contributed by atoms with Crippen molar-refractivity contribution in [1.29, 1.82) is 0 Å². The van der Waals surface area contributed by atoms with Crippen LogP contribution < -0.4 is 20.7 Å². The summed E-state index contributed by atoms with van der Waals surface area (Å²) >= 11 is 4.78. The van der Waals surface area contributed by atoms with Gasteiger partial charge in [0.2, 0.25) is 0 Å². The van der Waals surface area contributed by atoms with Crippen molar-refractivity contribution in [3.8, 4) is 5.75 Å². The molecule has 0 saturated heterocycles. The molecular formula is C60H56N10O4S3. The van der Waals surface area contributed by atoms with Crippen LogP contribution in [0.15, 0.2) is 198 Å². The molecule has 5 aromatic carbocycles. The van der Waals surface area contributed by atoms with E-state index in [9.17, 15) is 14.4 Å². The van der Waals surface area contributed by atoms with Crippen LogP contribution in [0.5, 0.6) is 5.75 Å². The van der Waals surface area contributed by atoms with Gasteiger partial charge < -0.3 is 20.7 Å². The second kappa shape index (κ2) is 28.6. The molecule has 1 aliphatic carbocycles. The Labute approximate surface area is 461 Å². The Bertz CT molecular complexity index is 3380. The molecule has 17 heteroatoms. The van der Waals surface area contributed by atoms with Crippen molar-refractivity contribution in [1.82, 2.24) is 40.2 Å². The smallest absolute Gasteiger partial charge is 0.256 e. The van der Waals surface area contributed by atoms with Crippen molar-refractivity contribution in [3.05, 3.63) is 244 Å². The molecule has 0 fully saturated rings. The summed E-state index contributed by atoms with van der Waals surface area (Å²) in [6.45, 7) is 4.31. The van der Waals surface area contributed by atoms with Gasteiger partial charge in [-0.25, -0.2) is 19.9 Å². The monoisotopic (exact) mass is 1080 g/mol. The van der Waals surface area contributed by atoms with Crippen LogP contribution in [0.2, 0.25) is 0 Å². The average molecular weight is 1080 g/mol. The van der Waals surface area contributed by atoms with E-state index in [2.05, 4.69) is 63.0 Å². The fourth-order valence-corrected chi connectivity index (χ4v) is 10.3. The van der Waals surface area contributed by atoms with Gasteiger partial charge in [-0.3, -0.25) is 29.3 Å². The number of methoxy groups -OCH3 is 1. The zero-order valence-corrected chi connectivity index (χ0v) is 45.2. The van der Waals surface area contributed by atoms with Crippen molar-refractivity contribution in [3.63, 3.8) is 0 Å². The normalized spacial score (nSPS) is 11.2. The number of nitrogens with zero attached hydrogens (tertiary/aromatic N) is 7. The number of benzene rings is 5. The van der Waals surface area contributed by atoms with Gasteiger partial charge in [0, 0.05) is 94.6 Å². The highest BCUT2D eigenvalue weighted by molar-refractivity contribution is 7.98. The number of para-hydroxylation sites is 1. The summed E-state index contributed by atoms with van der Waals surface area (Å²) in [7, 11) is 1.62. The van der Waals surface area contributed by atoms with Crippen LogP contribution >= 0.6 is 35.3 Å². The number of carbonyl (C=O) groups excluding carboxylic acids is 3. The third kappa shape index (κ3) is 17.4. The highest BCUT2D eigenvalue weighted by Crippen LogP contribution is 2.27. The van der Waals surface area contributed by atoms with Crippen LogP contribution in [0.25, 0.3) is 0 Å². The van der Waals surface area contributed by atoms with Gasteiger partial charge in [0.25, 0.3) is 17.7 Å². The molecule has 0 atom stereocenters. The lowest BCUT2D eigenvalue weighted by atomic mass is 10.1. The van der Waals surface area contributed by atoms with Crippen LogP contribution in [0.3, 0.4) is 0 Å². The number of anilines is 2. The maximum Gasteiger partial charge on any atom is 0.256 e. The zero-order valence-electron chi connectivity index (χ0n) is 42.8. The standard InChI is InChI=1S/C21H19N3OS.C20H19N3O2S.C19H18N4OS/c25-21(24-19-8-7-16-4-2-5-17(16)12-19)18-6-1-3-15(11-18)14-26-20-13-22-9-10-23-20;1-25-18-8-3-2-6-17(18)12-23-20(24)16-7-4-5-15(11-16)14-26-19-13-21-9-10-22-19;1-13-8-14(2)22-17(9-13)23-19(24)16-5-3-4-15(10-16)12-25-18-11-20-6-7-21-18/h1,3,6-13H,2,4-5,14H2,(H,24,25);2-11,13H,12,14H2,1H3,(H,23,24);3-11H,12H2,1-2H3,(H,22,23,24). The van der Waals surface area contributed by atoms with Crippen molar-refractivity contribution in [2.75, 3.05) is 17.7 Å². The Morgan fingerprint density at radius 2 is 1.05 bits per heavy atom. The number of fused-ring (bicyclic) bond motifs is 1. The molecule has 14 nitrogen and oxygen atoms in total. The molecule has 0 aliphatic heterocycles. The molecule has 1 aliphatic rings. The molecule has 9 aromatic rings. The number of ether oxygens (including phenoxy) is 1. The van der Waals surface area contributed by atoms with E-state index in [1.807, 2.05) is 123 Å². The summed E-state index contributed by atoms with van der Waals surface area (Å²) in [6, 6.07) is 40.6. The third-order valence-corrected chi connectivity index (χ3v) is 14.6. The maximum absolute atomic E-state index is 12.6. The Morgan fingerprint density at radius 1 is 0.532 bits per heavy atom. The van der Waals surface area contributed by atoms with Gasteiger partial charge in [-0.15, -0.1) is 35.3 Å². The number of nitrogens with one attached hydrogen (secondary N) is 3. The molecule has 0 saturated carbocycles. The molecule has 0 bridgehead atoms. The number of hydrogen-bond donors (Lipinski definition) is 3. The van der Waals surface area contributed by atoms with Crippen molar-refractivity contribution < 1.29 is 19.1 Å². The number of aryl methyl sites for hydroxylation is 4. The highest BCUT2D eigenvalue weighted by Gasteiger charge is 2.14. The van der Waals surface area contributed by atoms with Gasteiger partial charge in [0.1, 0.15) is 26.6 Å². The van der Waals surface area contributed by atoms with E-state index < -0.39 is 0 Å². The predicted octanol–water partition coefficient (Wildman–Crippen LogP) is 12.3. The molecule has 0 spiro atoms. The lowest BCUT2D eigenvalue weighted by molar-refractivity contribution is 0.0949. The Balaban J connectivity index is 0.000000153. The topological polar surface area (TPSA) is 187 Å². The summed E-state index contributed by atoms with van der Waals surface area (Å²) < 4.78 is 5.31. The van der Waals surface area contributed by atoms with E-state index in [-0.39, 0.29) is 17.7 Å². The Morgan fingerprint density at radius 3 is 1.57 bits per heavy atom.